The van der Waals surface area contributed by atoms with Crippen LogP contribution in [0.3, 0.4) is 0 Å². The van der Waals surface area contributed by atoms with Crippen molar-refractivity contribution in [1.82, 2.24) is 10.3 Å². The lowest BCUT2D eigenvalue weighted by Crippen LogP contribution is -2.40. The van der Waals surface area contributed by atoms with Crippen molar-refractivity contribution in [3.05, 3.63) is 16.1 Å². The molecule has 0 saturated heterocycles. The highest BCUT2D eigenvalue weighted by molar-refractivity contribution is 7.09. The maximum atomic E-state index is 4.60. The molecule has 98 valence electrons. The van der Waals surface area contributed by atoms with Gasteiger partial charge >= 0.3 is 0 Å². The Labute approximate surface area is 110 Å². The molecule has 0 aliphatic carbocycles. The normalized spacial score (nSPS) is 15.5. The number of rotatable bonds is 6. The molecule has 1 rings (SSSR count). The second-order valence-corrected chi connectivity index (χ2v) is 6.94. The molecule has 0 aromatic carbocycles. The molecule has 0 aliphatic rings. The Kier molecular flexibility index (Phi) is 5.14. The largest absolute Gasteiger partial charge is 0.314 e. The van der Waals surface area contributed by atoms with E-state index in [0.29, 0.717) is 12.0 Å². The lowest BCUT2D eigenvalue weighted by molar-refractivity contribution is 0.200. The van der Waals surface area contributed by atoms with E-state index in [-0.39, 0.29) is 5.41 Å². The van der Waals surface area contributed by atoms with Gasteiger partial charge in [0.2, 0.25) is 0 Å². The van der Waals surface area contributed by atoms with Gasteiger partial charge in [0.05, 0.1) is 10.7 Å². The minimum absolute atomic E-state index is 0.283. The molecule has 0 saturated carbocycles. The summed E-state index contributed by atoms with van der Waals surface area (Å²) in [6.45, 7) is 14.5. The molecule has 0 spiro atoms. The van der Waals surface area contributed by atoms with E-state index in [0.717, 1.165) is 13.0 Å². The van der Waals surface area contributed by atoms with Crippen molar-refractivity contribution < 1.29 is 0 Å². The molecule has 1 heterocycles. The van der Waals surface area contributed by atoms with Gasteiger partial charge in [-0.2, -0.15) is 0 Å². The summed E-state index contributed by atoms with van der Waals surface area (Å²) in [6.07, 6.45) is 1.06. The first-order chi connectivity index (χ1) is 7.83. The zero-order valence-corrected chi connectivity index (χ0v) is 12.8. The maximum absolute atomic E-state index is 4.60. The fraction of sp³-hybridized carbons (Fsp3) is 0.786. The zero-order valence-electron chi connectivity index (χ0n) is 12.0. The monoisotopic (exact) mass is 254 g/mol. The van der Waals surface area contributed by atoms with Crippen molar-refractivity contribution in [2.45, 2.75) is 54.0 Å². The van der Waals surface area contributed by atoms with Crippen LogP contribution in [0, 0.1) is 18.3 Å². The minimum Gasteiger partial charge on any atom is -0.314 e. The number of nitrogens with zero attached hydrogens (tertiary/aromatic N) is 1. The highest BCUT2D eigenvalue weighted by atomic mass is 32.1. The van der Waals surface area contributed by atoms with Gasteiger partial charge in [-0.25, -0.2) is 4.98 Å². The number of hydrogen-bond acceptors (Lipinski definition) is 3. The van der Waals surface area contributed by atoms with Crippen LogP contribution in [0.15, 0.2) is 5.38 Å². The number of thiazole rings is 1. The molecule has 1 atom stereocenters. The molecule has 2 nitrogen and oxygen atoms in total. The van der Waals surface area contributed by atoms with Gasteiger partial charge in [-0.05, 0) is 24.7 Å². The second-order valence-electron chi connectivity index (χ2n) is 5.88. The van der Waals surface area contributed by atoms with Crippen LogP contribution in [-0.4, -0.2) is 17.6 Å². The molecule has 0 bridgehead atoms. The topological polar surface area (TPSA) is 24.9 Å². The average Bonchev–Trinajstić information content (AvgIpc) is 2.60. The Morgan fingerprint density at radius 3 is 2.41 bits per heavy atom. The molecule has 0 aliphatic heterocycles. The van der Waals surface area contributed by atoms with Gasteiger partial charge < -0.3 is 5.32 Å². The quantitative estimate of drug-likeness (QED) is 0.838. The number of aryl methyl sites for hydroxylation is 1. The Hall–Kier alpha value is -0.410. The second kappa shape index (κ2) is 5.96. The Bertz CT molecular complexity index is 344. The average molecular weight is 254 g/mol. The number of hydrogen-bond donors (Lipinski definition) is 1. The van der Waals surface area contributed by atoms with Gasteiger partial charge in [0.25, 0.3) is 0 Å². The van der Waals surface area contributed by atoms with Crippen LogP contribution in [0.2, 0.25) is 0 Å². The van der Waals surface area contributed by atoms with E-state index in [1.165, 1.54) is 10.7 Å². The van der Waals surface area contributed by atoms with Crippen molar-refractivity contribution in [3.8, 4) is 0 Å². The third kappa shape index (κ3) is 4.40. The van der Waals surface area contributed by atoms with Crippen molar-refractivity contribution >= 4 is 11.3 Å². The van der Waals surface area contributed by atoms with Crippen LogP contribution in [0.4, 0.5) is 0 Å². The molecule has 0 amide bonds. The predicted octanol–water partition coefficient (Wildman–Crippen LogP) is 3.65. The summed E-state index contributed by atoms with van der Waals surface area (Å²) in [5.41, 5.74) is 1.53. The third-order valence-electron chi connectivity index (χ3n) is 3.56. The predicted molar refractivity (Wildman–Crippen MR) is 76.6 cm³/mol. The molecule has 0 radical (unpaired) electrons. The van der Waals surface area contributed by atoms with Crippen LogP contribution >= 0.6 is 11.3 Å². The van der Waals surface area contributed by atoms with Crippen molar-refractivity contribution in [3.63, 3.8) is 0 Å². The van der Waals surface area contributed by atoms with Crippen LogP contribution in [0.5, 0.6) is 0 Å². The summed E-state index contributed by atoms with van der Waals surface area (Å²) >= 11 is 1.75. The Balaban J connectivity index is 2.70. The number of nitrogens with one attached hydrogen (secondary N) is 1. The Morgan fingerprint density at radius 1 is 1.35 bits per heavy atom. The summed E-state index contributed by atoms with van der Waals surface area (Å²) in [7, 11) is 0. The maximum Gasteiger partial charge on any atom is 0.0897 e. The van der Waals surface area contributed by atoms with Crippen molar-refractivity contribution in [2.75, 3.05) is 6.54 Å². The fourth-order valence-corrected chi connectivity index (χ4v) is 2.42. The zero-order chi connectivity index (χ0) is 13.1. The van der Waals surface area contributed by atoms with Crippen molar-refractivity contribution in [1.29, 1.82) is 0 Å². The molecule has 0 fully saturated rings. The summed E-state index contributed by atoms with van der Waals surface area (Å²) in [5.74, 6) is 0.649. The molecule has 3 heteroatoms. The van der Waals surface area contributed by atoms with Gasteiger partial charge in [-0.15, -0.1) is 11.3 Å². The first-order valence-corrected chi connectivity index (χ1v) is 7.36. The van der Waals surface area contributed by atoms with E-state index in [1.807, 2.05) is 0 Å². The third-order valence-corrected chi connectivity index (χ3v) is 4.38. The van der Waals surface area contributed by atoms with Crippen LogP contribution in [-0.2, 0) is 6.42 Å². The van der Waals surface area contributed by atoms with Crippen LogP contribution in [0.25, 0.3) is 0 Å². The van der Waals surface area contributed by atoms with Gasteiger partial charge in [-0.3, -0.25) is 0 Å². The molecular weight excluding hydrogens is 228 g/mol. The highest BCUT2D eigenvalue weighted by Gasteiger charge is 2.29. The fourth-order valence-electron chi connectivity index (χ4n) is 1.81. The molecule has 1 N–H and O–H groups in total. The number of aromatic nitrogens is 1. The lowest BCUT2D eigenvalue weighted by Gasteiger charge is -2.34. The van der Waals surface area contributed by atoms with E-state index >= 15 is 0 Å². The van der Waals surface area contributed by atoms with E-state index < -0.39 is 0 Å². The van der Waals surface area contributed by atoms with E-state index in [9.17, 15) is 0 Å². The van der Waals surface area contributed by atoms with Gasteiger partial charge in [0.15, 0.2) is 0 Å². The highest BCUT2D eigenvalue weighted by Crippen LogP contribution is 2.31. The molecule has 1 aromatic heterocycles. The minimum atomic E-state index is 0.283. The van der Waals surface area contributed by atoms with Crippen LogP contribution < -0.4 is 5.32 Å². The molecule has 1 unspecified atom stereocenters. The SMILES string of the molecule is Cc1nc(CC(C)(CNC(C)C)C(C)C)cs1. The first kappa shape index (κ1) is 14.7. The van der Waals surface area contributed by atoms with Gasteiger partial charge in [-0.1, -0.05) is 34.6 Å². The standard InChI is InChI=1S/C14H26N2S/c1-10(2)14(6,9-15-11(3)4)7-13-8-17-12(5)16-13/h8,10-11,15H,7,9H2,1-6H3. The van der Waals surface area contributed by atoms with Crippen molar-refractivity contribution in [2.24, 2.45) is 11.3 Å². The van der Waals surface area contributed by atoms with Gasteiger partial charge in [0.1, 0.15) is 0 Å². The summed E-state index contributed by atoms with van der Waals surface area (Å²) in [5, 5.41) is 6.94. The van der Waals surface area contributed by atoms with Gasteiger partial charge in [0, 0.05) is 18.0 Å². The molecule has 1 aromatic rings. The summed E-state index contributed by atoms with van der Waals surface area (Å²) in [4.78, 5) is 4.60. The first-order valence-electron chi connectivity index (χ1n) is 6.48. The van der Waals surface area contributed by atoms with E-state index in [2.05, 4.69) is 57.2 Å². The summed E-state index contributed by atoms with van der Waals surface area (Å²) < 4.78 is 0. The lowest BCUT2D eigenvalue weighted by atomic mass is 9.75. The van der Waals surface area contributed by atoms with E-state index in [4.69, 9.17) is 0 Å². The van der Waals surface area contributed by atoms with E-state index in [1.54, 1.807) is 11.3 Å². The molecule has 17 heavy (non-hydrogen) atoms. The van der Waals surface area contributed by atoms with Crippen LogP contribution in [0.1, 0.15) is 45.3 Å². The Morgan fingerprint density at radius 2 is 2.00 bits per heavy atom. The molecular formula is C14H26N2S. The smallest absolute Gasteiger partial charge is 0.0897 e. The summed E-state index contributed by atoms with van der Waals surface area (Å²) in [6, 6.07) is 0.547.